The Morgan fingerprint density at radius 2 is 2.00 bits per heavy atom. The van der Waals surface area contributed by atoms with Gasteiger partial charge in [-0.25, -0.2) is 4.98 Å². The van der Waals surface area contributed by atoms with Crippen LogP contribution in [-0.4, -0.2) is 11.6 Å². The summed E-state index contributed by atoms with van der Waals surface area (Å²) in [6.07, 6.45) is 4.22. The molecule has 2 heterocycles. The molecular formula is C17H17NO2. The summed E-state index contributed by atoms with van der Waals surface area (Å²) in [5.74, 6) is 2.56. The van der Waals surface area contributed by atoms with Gasteiger partial charge in [-0.05, 0) is 43.9 Å². The van der Waals surface area contributed by atoms with Gasteiger partial charge in [0.1, 0.15) is 11.5 Å². The maximum atomic E-state index is 6.02. The van der Waals surface area contributed by atoms with Crippen molar-refractivity contribution < 1.29 is 9.47 Å². The highest BCUT2D eigenvalue weighted by atomic mass is 16.5. The van der Waals surface area contributed by atoms with Crippen molar-refractivity contribution in [1.29, 1.82) is 0 Å². The molecule has 0 amide bonds. The van der Waals surface area contributed by atoms with Gasteiger partial charge >= 0.3 is 0 Å². The number of aryl methyl sites for hydroxylation is 2. The van der Waals surface area contributed by atoms with E-state index in [1.165, 1.54) is 24.0 Å². The Morgan fingerprint density at radius 1 is 1.15 bits per heavy atom. The summed E-state index contributed by atoms with van der Waals surface area (Å²) >= 11 is 0. The van der Waals surface area contributed by atoms with Gasteiger partial charge in [0.2, 0.25) is 5.88 Å². The fourth-order valence-electron chi connectivity index (χ4n) is 2.90. The summed E-state index contributed by atoms with van der Waals surface area (Å²) < 4.78 is 11.9. The van der Waals surface area contributed by atoms with E-state index in [9.17, 15) is 0 Å². The van der Waals surface area contributed by atoms with Gasteiger partial charge in [-0.15, -0.1) is 0 Å². The van der Waals surface area contributed by atoms with Crippen molar-refractivity contribution in [3.63, 3.8) is 0 Å². The minimum atomic E-state index is 0.210. The summed E-state index contributed by atoms with van der Waals surface area (Å²) in [5, 5.41) is 0. The van der Waals surface area contributed by atoms with Gasteiger partial charge in [-0.1, -0.05) is 12.1 Å². The maximum absolute atomic E-state index is 6.02. The summed E-state index contributed by atoms with van der Waals surface area (Å²) in [6, 6.07) is 8.03. The second kappa shape index (κ2) is 3.98. The predicted octanol–water partition coefficient (Wildman–Crippen LogP) is 3.91. The van der Waals surface area contributed by atoms with Gasteiger partial charge in [-0.3, -0.25) is 0 Å². The molecule has 0 unspecified atom stereocenters. The Morgan fingerprint density at radius 3 is 2.70 bits per heavy atom. The van der Waals surface area contributed by atoms with Crippen LogP contribution in [0.1, 0.15) is 29.5 Å². The molecule has 3 heteroatoms. The molecule has 2 aliphatic rings. The summed E-state index contributed by atoms with van der Waals surface area (Å²) in [7, 11) is 0. The van der Waals surface area contributed by atoms with Crippen LogP contribution in [-0.2, 0) is 5.41 Å². The SMILES string of the molecule is Cc1ccc(Oc2ccc(C)c3c2C2(CC2)CO3)nc1. The van der Waals surface area contributed by atoms with Gasteiger partial charge in [-0.2, -0.15) is 0 Å². The standard InChI is InChI=1S/C17H17NO2/c1-11-3-6-14(18-9-11)20-13-5-4-12(2)16-15(13)17(7-8-17)10-19-16/h3-6,9H,7-8,10H2,1-2H3. The first kappa shape index (κ1) is 11.8. The van der Waals surface area contributed by atoms with Crippen LogP contribution in [0.25, 0.3) is 0 Å². The van der Waals surface area contributed by atoms with Crippen molar-refractivity contribution in [3.05, 3.63) is 47.2 Å². The fourth-order valence-corrected chi connectivity index (χ4v) is 2.90. The monoisotopic (exact) mass is 267 g/mol. The number of nitrogens with zero attached hydrogens (tertiary/aromatic N) is 1. The van der Waals surface area contributed by atoms with E-state index in [2.05, 4.69) is 18.0 Å². The number of fused-ring (bicyclic) bond motifs is 2. The van der Waals surface area contributed by atoms with Gasteiger partial charge in [0, 0.05) is 23.2 Å². The van der Waals surface area contributed by atoms with E-state index in [4.69, 9.17) is 9.47 Å². The minimum Gasteiger partial charge on any atom is -0.492 e. The van der Waals surface area contributed by atoms with E-state index in [1.54, 1.807) is 0 Å². The van der Waals surface area contributed by atoms with E-state index >= 15 is 0 Å². The summed E-state index contributed by atoms with van der Waals surface area (Å²) in [5.41, 5.74) is 3.78. The molecule has 20 heavy (non-hydrogen) atoms. The smallest absolute Gasteiger partial charge is 0.219 e. The average Bonchev–Trinajstić information content (AvgIpc) is 3.11. The van der Waals surface area contributed by atoms with Crippen LogP contribution >= 0.6 is 0 Å². The van der Waals surface area contributed by atoms with Crippen LogP contribution in [0.3, 0.4) is 0 Å². The van der Waals surface area contributed by atoms with E-state index in [0.29, 0.717) is 5.88 Å². The first-order valence-electron chi connectivity index (χ1n) is 7.05. The molecule has 1 aliphatic heterocycles. The van der Waals surface area contributed by atoms with E-state index < -0.39 is 0 Å². The molecule has 2 aromatic rings. The molecule has 4 rings (SSSR count). The van der Waals surface area contributed by atoms with Crippen molar-refractivity contribution in [1.82, 2.24) is 4.98 Å². The van der Waals surface area contributed by atoms with Crippen LogP contribution in [0.15, 0.2) is 30.5 Å². The molecule has 0 radical (unpaired) electrons. The predicted molar refractivity (Wildman–Crippen MR) is 76.6 cm³/mol. The summed E-state index contributed by atoms with van der Waals surface area (Å²) in [4.78, 5) is 4.33. The Balaban J connectivity index is 1.76. The zero-order valence-electron chi connectivity index (χ0n) is 11.8. The molecule has 0 saturated heterocycles. The molecule has 0 atom stereocenters. The average molecular weight is 267 g/mol. The van der Waals surface area contributed by atoms with E-state index in [1.807, 2.05) is 31.3 Å². The molecule has 1 aromatic heterocycles. The van der Waals surface area contributed by atoms with Crippen molar-refractivity contribution in [2.24, 2.45) is 0 Å². The molecule has 3 nitrogen and oxygen atoms in total. The highest BCUT2D eigenvalue weighted by molar-refractivity contribution is 5.59. The lowest BCUT2D eigenvalue weighted by Crippen LogP contribution is -2.08. The fraction of sp³-hybridized carbons (Fsp3) is 0.353. The number of rotatable bonds is 2. The zero-order chi connectivity index (χ0) is 13.7. The minimum absolute atomic E-state index is 0.210. The van der Waals surface area contributed by atoms with Crippen LogP contribution in [0.2, 0.25) is 0 Å². The molecule has 1 aliphatic carbocycles. The zero-order valence-corrected chi connectivity index (χ0v) is 11.8. The van der Waals surface area contributed by atoms with Crippen LogP contribution in [0.4, 0.5) is 0 Å². The number of hydrogen-bond acceptors (Lipinski definition) is 3. The van der Waals surface area contributed by atoms with Gasteiger partial charge in [0.25, 0.3) is 0 Å². The van der Waals surface area contributed by atoms with Gasteiger partial charge in [0.15, 0.2) is 0 Å². The first-order chi connectivity index (χ1) is 9.68. The molecular weight excluding hydrogens is 250 g/mol. The largest absolute Gasteiger partial charge is 0.492 e. The lowest BCUT2D eigenvalue weighted by Gasteiger charge is -2.13. The lowest BCUT2D eigenvalue weighted by molar-refractivity contribution is 0.322. The van der Waals surface area contributed by atoms with Crippen molar-refractivity contribution in [3.8, 4) is 17.4 Å². The number of hydrogen-bond donors (Lipinski definition) is 0. The third kappa shape index (κ3) is 1.69. The molecule has 1 aromatic carbocycles. The van der Waals surface area contributed by atoms with Crippen molar-refractivity contribution >= 4 is 0 Å². The Bertz CT molecular complexity index is 672. The highest BCUT2D eigenvalue weighted by Gasteiger charge is 2.53. The number of benzene rings is 1. The van der Waals surface area contributed by atoms with Crippen molar-refractivity contribution in [2.75, 3.05) is 6.61 Å². The Kier molecular flexibility index (Phi) is 2.34. The van der Waals surface area contributed by atoms with E-state index in [-0.39, 0.29) is 5.41 Å². The maximum Gasteiger partial charge on any atom is 0.219 e. The normalized spacial score (nSPS) is 17.7. The second-order valence-corrected chi connectivity index (χ2v) is 5.93. The molecule has 102 valence electrons. The quantitative estimate of drug-likeness (QED) is 0.826. The molecule has 0 bridgehead atoms. The third-order valence-corrected chi connectivity index (χ3v) is 4.29. The molecule has 1 spiro atoms. The number of pyridine rings is 1. The van der Waals surface area contributed by atoms with Gasteiger partial charge in [0.05, 0.1) is 6.61 Å². The summed E-state index contributed by atoms with van der Waals surface area (Å²) in [6.45, 7) is 4.91. The van der Waals surface area contributed by atoms with Crippen LogP contribution in [0.5, 0.6) is 17.4 Å². The van der Waals surface area contributed by atoms with E-state index in [0.717, 1.165) is 23.7 Å². The molecule has 0 N–H and O–H groups in total. The number of aromatic nitrogens is 1. The molecule has 1 fully saturated rings. The lowest BCUT2D eigenvalue weighted by atomic mass is 9.95. The molecule has 1 saturated carbocycles. The Hall–Kier alpha value is -2.03. The first-order valence-corrected chi connectivity index (χ1v) is 7.05. The highest BCUT2D eigenvalue weighted by Crippen LogP contribution is 2.59. The number of ether oxygens (including phenoxy) is 2. The van der Waals surface area contributed by atoms with Crippen LogP contribution < -0.4 is 9.47 Å². The third-order valence-electron chi connectivity index (χ3n) is 4.29. The second-order valence-electron chi connectivity index (χ2n) is 5.93. The van der Waals surface area contributed by atoms with Crippen LogP contribution in [0, 0.1) is 13.8 Å². The van der Waals surface area contributed by atoms with Crippen molar-refractivity contribution in [2.45, 2.75) is 32.1 Å². The van der Waals surface area contributed by atoms with Gasteiger partial charge < -0.3 is 9.47 Å². The topological polar surface area (TPSA) is 31.4 Å². The Labute approximate surface area is 118 Å².